The lowest BCUT2D eigenvalue weighted by Gasteiger charge is -2.18. The third-order valence-electron chi connectivity index (χ3n) is 4.35. The summed E-state index contributed by atoms with van der Waals surface area (Å²) >= 11 is 0. The van der Waals surface area contributed by atoms with Crippen LogP contribution < -0.4 is 10.6 Å². The van der Waals surface area contributed by atoms with Crippen molar-refractivity contribution in [2.75, 3.05) is 11.9 Å². The normalized spacial score (nSPS) is 19.6. The van der Waals surface area contributed by atoms with Gasteiger partial charge in [-0.25, -0.2) is 8.78 Å². The number of anilines is 1. The number of halogens is 2. The lowest BCUT2D eigenvalue weighted by Crippen LogP contribution is -2.32. The number of hydrogen-bond acceptors (Lipinski definition) is 2. The van der Waals surface area contributed by atoms with Gasteiger partial charge in [0.15, 0.2) is 11.6 Å². The zero-order valence-electron chi connectivity index (χ0n) is 13.9. The van der Waals surface area contributed by atoms with Crippen molar-refractivity contribution in [2.24, 2.45) is 5.92 Å². The van der Waals surface area contributed by atoms with E-state index in [4.69, 9.17) is 0 Å². The molecule has 1 aliphatic rings. The standard InChI is InChI=1S/C19H18F2N2O2/c1-10-6-11(2)8-12(7-10)13-9-22-18(24)16(13)19(25)23-15-5-3-4-14(20)17(15)21/h3-8,13,16H,9H2,1-2H3,(H,22,24)(H,23,25)/t13-,16-/m1/s1. The Balaban J connectivity index is 1.89. The summed E-state index contributed by atoms with van der Waals surface area (Å²) < 4.78 is 27.1. The summed E-state index contributed by atoms with van der Waals surface area (Å²) in [5.74, 6) is -4.62. The van der Waals surface area contributed by atoms with Crippen molar-refractivity contribution in [1.29, 1.82) is 0 Å². The fourth-order valence-electron chi connectivity index (χ4n) is 3.27. The number of carbonyl (C=O) groups excluding carboxylic acids is 2. The Kier molecular flexibility index (Phi) is 4.53. The molecule has 6 heteroatoms. The minimum Gasteiger partial charge on any atom is -0.355 e. The zero-order chi connectivity index (χ0) is 18.1. The maximum Gasteiger partial charge on any atom is 0.237 e. The number of rotatable bonds is 3. The van der Waals surface area contributed by atoms with E-state index in [1.807, 2.05) is 32.0 Å². The van der Waals surface area contributed by atoms with Crippen LogP contribution in [0.2, 0.25) is 0 Å². The van der Waals surface area contributed by atoms with Gasteiger partial charge in [-0.3, -0.25) is 9.59 Å². The average Bonchev–Trinajstić information content (AvgIpc) is 2.92. The molecule has 1 aliphatic heterocycles. The minimum absolute atomic E-state index is 0.274. The Morgan fingerprint density at radius 3 is 2.52 bits per heavy atom. The summed E-state index contributed by atoms with van der Waals surface area (Å²) in [5, 5.41) is 5.02. The first kappa shape index (κ1) is 17.1. The number of amides is 2. The first-order valence-electron chi connectivity index (χ1n) is 7.97. The second-order valence-electron chi connectivity index (χ2n) is 6.34. The molecule has 2 N–H and O–H groups in total. The number of hydrogen-bond donors (Lipinski definition) is 2. The van der Waals surface area contributed by atoms with Crippen LogP contribution in [0.25, 0.3) is 0 Å². The molecule has 0 saturated carbocycles. The molecule has 4 nitrogen and oxygen atoms in total. The predicted octanol–water partition coefficient (Wildman–Crippen LogP) is 3.05. The first-order valence-corrected chi connectivity index (χ1v) is 7.97. The van der Waals surface area contributed by atoms with Crippen molar-refractivity contribution in [3.05, 3.63) is 64.7 Å². The molecule has 0 spiro atoms. The topological polar surface area (TPSA) is 58.2 Å². The van der Waals surface area contributed by atoms with E-state index >= 15 is 0 Å². The molecule has 0 aromatic heterocycles. The van der Waals surface area contributed by atoms with Crippen molar-refractivity contribution in [3.63, 3.8) is 0 Å². The largest absolute Gasteiger partial charge is 0.355 e. The van der Waals surface area contributed by atoms with Crippen LogP contribution in [0.3, 0.4) is 0 Å². The van der Waals surface area contributed by atoms with Gasteiger partial charge in [0.05, 0.1) is 5.69 Å². The molecule has 25 heavy (non-hydrogen) atoms. The smallest absolute Gasteiger partial charge is 0.237 e. The van der Waals surface area contributed by atoms with E-state index < -0.39 is 29.4 Å². The van der Waals surface area contributed by atoms with E-state index in [-0.39, 0.29) is 11.6 Å². The highest BCUT2D eigenvalue weighted by Crippen LogP contribution is 2.31. The van der Waals surface area contributed by atoms with Crippen molar-refractivity contribution >= 4 is 17.5 Å². The summed E-state index contributed by atoms with van der Waals surface area (Å²) in [5.41, 5.74) is 2.66. The summed E-state index contributed by atoms with van der Waals surface area (Å²) in [6.45, 7) is 4.21. The molecule has 0 aliphatic carbocycles. The lowest BCUT2D eigenvalue weighted by molar-refractivity contribution is -0.130. The van der Waals surface area contributed by atoms with E-state index in [2.05, 4.69) is 10.6 Å². The molecule has 1 fully saturated rings. The van der Waals surface area contributed by atoms with Gasteiger partial charge >= 0.3 is 0 Å². The highest BCUT2D eigenvalue weighted by Gasteiger charge is 2.41. The van der Waals surface area contributed by atoms with Gasteiger partial charge in [0.2, 0.25) is 11.8 Å². The van der Waals surface area contributed by atoms with Gasteiger partial charge in [-0.1, -0.05) is 35.4 Å². The third-order valence-corrected chi connectivity index (χ3v) is 4.35. The van der Waals surface area contributed by atoms with Gasteiger partial charge in [0, 0.05) is 12.5 Å². The maximum atomic E-state index is 13.8. The van der Waals surface area contributed by atoms with E-state index in [1.54, 1.807) is 0 Å². The van der Waals surface area contributed by atoms with Gasteiger partial charge in [-0.2, -0.15) is 0 Å². The minimum atomic E-state index is -1.14. The number of nitrogens with one attached hydrogen (secondary N) is 2. The number of aryl methyl sites for hydroxylation is 2. The summed E-state index contributed by atoms with van der Waals surface area (Å²) in [6, 6.07) is 9.39. The molecule has 1 saturated heterocycles. The SMILES string of the molecule is Cc1cc(C)cc([C@H]2CNC(=O)[C@@H]2C(=O)Nc2cccc(F)c2F)c1. The number of carbonyl (C=O) groups is 2. The van der Waals surface area contributed by atoms with Crippen molar-refractivity contribution < 1.29 is 18.4 Å². The Morgan fingerprint density at radius 2 is 1.84 bits per heavy atom. The Hall–Kier alpha value is -2.76. The fraction of sp³-hybridized carbons (Fsp3) is 0.263. The van der Waals surface area contributed by atoms with Crippen LogP contribution in [0.4, 0.5) is 14.5 Å². The third kappa shape index (κ3) is 3.38. The zero-order valence-corrected chi connectivity index (χ0v) is 13.9. The molecule has 2 aromatic rings. The second-order valence-corrected chi connectivity index (χ2v) is 6.34. The van der Waals surface area contributed by atoms with Crippen LogP contribution in [0.5, 0.6) is 0 Å². The van der Waals surface area contributed by atoms with Crippen LogP contribution in [0, 0.1) is 31.4 Å². The molecule has 1 heterocycles. The first-order chi connectivity index (χ1) is 11.9. The molecule has 0 bridgehead atoms. The summed E-state index contributed by atoms with van der Waals surface area (Å²) in [4.78, 5) is 24.8. The Morgan fingerprint density at radius 1 is 1.16 bits per heavy atom. The van der Waals surface area contributed by atoms with Gasteiger partial charge in [-0.15, -0.1) is 0 Å². The molecule has 0 unspecified atom stereocenters. The molecule has 2 amide bonds. The molecular weight excluding hydrogens is 326 g/mol. The quantitative estimate of drug-likeness (QED) is 0.841. The average molecular weight is 344 g/mol. The maximum absolute atomic E-state index is 13.8. The van der Waals surface area contributed by atoms with E-state index in [9.17, 15) is 18.4 Å². The number of benzene rings is 2. The van der Waals surface area contributed by atoms with Gasteiger partial charge in [0.25, 0.3) is 0 Å². The van der Waals surface area contributed by atoms with Crippen molar-refractivity contribution in [3.8, 4) is 0 Å². The highest BCUT2D eigenvalue weighted by atomic mass is 19.2. The lowest BCUT2D eigenvalue weighted by atomic mass is 9.86. The van der Waals surface area contributed by atoms with Crippen LogP contribution in [-0.4, -0.2) is 18.4 Å². The highest BCUT2D eigenvalue weighted by molar-refractivity contribution is 6.08. The molecule has 2 atom stereocenters. The van der Waals surface area contributed by atoms with E-state index in [1.165, 1.54) is 12.1 Å². The van der Waals surface area contributed by atoms with Crippen LogP contribution in [0.1, 0.15) is 22.6 Å². The van der Waals surface area contributed by atoms with Crippen molar-refractivity contribution in [2.45, 2.75) is 19.8 Å². The predicted molar refractivity (Wildman–Crippen MR) is 90.1 cm³/mol. The molecule has 3 rings (SSSR count). The van der Waals surface area contributed by atoms with Gasteiger partial charge in [0.1, 0.15) is 5.92 Å². The van der Waals surface area contributed by atoms with E-state index in [0.29, 0.717) is 6.54 Å². The van der Waals surface area contributed by atoms with Crippen LogP contribution >= 0.6 is 0 Å². The summed E-state index contributed by atoms with van der Waals surface area (Å²) in [6.07, 6.45) is 0. The monoisotopic (exact) mass is 344 g/mol. The van der Waals surface area contributed by atoms with Gasteiger partial charge < -0.3 is 10.6 Å². The summed E-state index contributed by atoms with van der Waals surface area (Å²) in [7, 11) is 0. The van der Waals surface area contributed by atoms with Crippen LogP contribution in [0.15, 0.2) is 36.4 Å². The molecule has 2 aromatic carbocycles. The van der Waals surface area contributed by atoms with Gasteiger partial charge in [-0.05, 0) is 31.5 Å². The van der Waals surface area contributed by atoms with Crippen molar-refractivity contribution in [1.82, 2.24) is 5.32 Å². The molecular formula is C19H18F2N2O2. The molecule has 0 radical (unpaired) electrons. The fourth-order valence-corrected chi connectivity index (χ4v) is 3.27. The molecule has 130 valence electrons. The second kappa shape index (κ2) is 6.63. The van der Waals surface area contributed by atoms with Crippen LogP contribution in [-0.2, 0) is 9.59 Å². The Labute approximate surface area is 144 Å². The van der Waals surface area contributed by atoms with E-state index in [0.717, 1.165) is 22.8 Å². The Bertz CT molecular complexity index is 831.